The van der Waals surface area contributed by atoms with Gasteiger partial charge in [0.15, 0.2) is 0 Å². The molecular weight excluding hydrogens is 246 g/mol. The maximum absolute atomic E-state index is 11.0. The van der Waals surface area contributed by atoms with Gasteiger partial charge in [0.05, 0.1) is 5.01 Å². The van der Waals surface area contributed by atoms with Crippen molar-refractivity contribution in [3.63, 3.8) is 0 Å². The number of carbonyl (C=O) groups is 1. The molecule has 5 heteroatoms. The molecule has 3 N–H and O–H groups in total. The molecule has 1 amide bonds. The summed E-state index contributed by atoms with van der Waals surface area (Å²) in [5, 5.41) is 6.43. The monoisotopic (exact) mass is 261 g/mol. The number of nitrogens with one attached hydrogen (secondary N) is 1. The van der Waals surface area contributed by atoms with Crippen LogP contribution in [-0.2, 0) is 13.0 Å². The van der Waals surface area contributed by atoms with Gasteiger partial charge in [0.2, 0.25) is 5.91 Å². The third-order valence-electron chi connectivity index (χ3n) is 2.54. The summed E-state index contributed by atoms with van der Waals surface area (Å²) < 4.78 is 0. The van der Waals surface area contributed by atoms with Crippen molar-refractivity contribution in [2.75, 3.05) is 6.54 Å². The zero-order valence-electron chi connectivity index (χ0n) is 9.93. The van der Waals surface area contributed by atoms with Crippen molar-refractivity contribution in [2.45, 2.75) is 13.0 Å². The van der Waals surface area contributed by atoms with Crippen molar-refractivity contribution in [1.82, 2.24) is 10.3 Å². The average molecular weight is 261 g/mol. The minimum absolute atomic E-state index is 0.389. The van der Waals surface area contributed by atoms with Crippen molar-refractivity contribution in [1.29, 1.82) is 0 Å². The van der Waals surface area contributed by atoms with Gasteiger partial charge in [-0.15, -0.1) is 11.3 Å². The first kappa shape index (κ1) is 12.7. The van der Waals surface area contributed by atoms with Gasteiger partial charge in [0, 0.05) is 36.7 Å². The number of nitrogens with two attached hydrogens (primary N) is 1. The molecule has 1 aromatic carbocycles. The highest BCUT2D eigenvalue weighted by Gasteiger charge is 2.01. The van der Waals surface area contributed by atoms with E-state index in [4.69, 9.17) is 5.73 Å². The van der Waals surface area contributed by atoms with Crippen LogP contribution in [0.5, 0.6) is 0 Å². The van der Waals surface area contributed by atoms with Crippen LogP contribution in [-0.4, -0.2) is 17.4 Å². The SMILES string of the molecule is NC(=O)c1cccc(CNCCc2nccs2)c1. The van der Waals surface area contributed by atoms with Crippen LogP contribution in [0.1, 0.15) is 20.9 Å². The zero-order valence-corrected chi connectivity index (χ0v) is 10.7. The van der Waals surface area contributed by atoms with Crippen LogP contribution >= 0.6 is 11.3 Å². The lowest BCUT2D eigenvalue weighted by atomic mass is 10.1. The molecule has 0 unspecified atom stereocenters. The molecule has 0 saturated heterocycles. The van der Waals surface area contributed by atoms with Crippen LogP contribution in [0.15, 0.2) is 35.8 Å². The van der Waals surface area contributed by atoms with Gasteiger partial charge in [-0.1, -0.05) is 12.1 Å². The molecule has 1 aromatic heterocycles. The summed E-state index contributed by atoms with van der Waals surface area (Å²) in [6.45, 7) is 1.60. The largest absolute Gasteiger partial charge is 0.366 e. The predicted octanol–water partition coefficient (Wildman–Crippen LogP) is 1.57. The van der Waals surface area contributed by atoms with Gasteiger partial charge >= 0.3 is 0 Å². The standard InChI is InChI=1S/C13H15N3OS/c14-13(17)11-3-1-2-10(8-11)9-15-5-4-12-16-6-7-18-12/h1-3,6-8,15H,4-5,9H2,(H2,14,17). The Labute approximate surface area is 110 Å². The van der Waals surface area contributed by atoms with Crippen LogP contribution in [0, 0.1) is 0 Å². The highest BCUT2D eigenvalue weighted by Crippen LogP contribution is 2.06. The van der Waals surface area contributed by atoms with Crippen molar-refractivity contribution < 1.29 is 4.79 Å². The third kappa shape index (κ3) is 3.65. The number of hydrogen-bond acceptors (Lipinski definition) is 4. The van der Waals surface area contributed by atoms with E-state index < -0.39 is 0 Å². The van der Waals surface area contributed by atoms with Crippen molar-refractivity contribution in [3.05, 3.63) is 52.0 Å². The first-order valence-electron chi connectivity index (χ1n) is 5.73. The lowest BCUT2D eigenvalue weighted by Crippen LogP contribution is -2.17. The molecule has 0 aliphatic rings. The van der Waals surface area contributed by atoms with E-state index in [1.165, 1.54) is 0 Å². The lowest BCUT2D eigenvalue weighted by molar-refractivity contribution is 0.1000. The van der Waals surface area contributed by atoms with E-state index in [2.05, 4.69) is 10.3 Å². The average Bonchev–Trinajstić information content (AvgIpc) is 2.88. The summed E-state index contributed by atoms with van der Waals surface area (Å²) in [5.74, 6) is -0.389. The highest BCUT2D eigenvalue weighted by atomic mass is 32.1. The number of thiazole rings is 1. The molecule has 4 nitrogen and oxygen atoms in total. The Hall–Kier alpha value is -1.72. The molecule has 0 spiro atoms. The Morgan fingerprint density at radius 1 is 1.44 bits per heavy atom. The van der Waals surface area contributed by atoms with E-state index in [1.54, 1.807) is 17.4 Å². The van der Waals surface area contributed by atoms with E-state index in [0.29, 0.717) is 5.56 Å². The second kappa shape index (κ2) is 6.28. The quantitative estimate of drug-likeness (QED) is 0.776. The number of hydrogen-bond donors (Lipinski definition) is 2. The second-order valence-electron chi connectivity index (χ2n) is 3.92. The Morgan fingerprint density at radius 3 is 3.06 bits per heavy atom. The maximum atomic E-state index is 11.0. The molecule has 0 fully saturated rings. The number of rotatable bonds is 6. The molecule has 18 heavy (non-hydrogen) atoms. The van der Waals surface area contributed by atoms with Crippen molar-refractivity contribution in [2.24, 2.45) is 5.73 Å². The first-order valence-corrected chi connectivity index (χ1v) is 6.61. The summed E-state index contributed by atoms with van der Waals surface area (Å²) in [6, 6.07) is 7.36. The second-order valence-corrected chi connectivity index (χ2v) is 4.90. The van der Waals surface area contributed by atoms with Gasteiger partial charge < -0.3 is 11.1 Å². The van der Waals surface area contributed by atoms with Crippen LogP contribution in [0.25, 0.3) is 0 Å². The van der Waals surface area contributed by atoms with Crippen LogP contribution in [0.2, 0.25) is 0 Å². The zero-order chi connectivity index (χ0) is 12.8. The normalized spacial score (nSPS) is 10.4. The topological polar surface area (TPSA) is 68.0 Å². The van der Waals surface area contributed by atoms with E-state index >= 15 is 0 Å². The van der Waals surface area contributed by atoms with Crippen LogP contribution in [0.4, 0.5) is 0 Å². The lowest BCUT2D eigenvalue weighted by Gasteiger charge is -2.05. The fourth-order valence-corrected chi connectivity index (χ4v) is 2.26. The molecule has 0 saturated carbocycles. The van der Waals surface area contributed by atoms with Gasteiger partial charge in [-0.3, -0.25) is 4.79 Å². The van der Waals surface area contributed by atoms with E-state index in [9.17, 15) is 4.79 Å². The van der Waals surface area contributed by atoms with Crippen molar-refractivity contribution in [3.8, 4) is 0 Å². The molecule has 0 aliphatic heterocycles. The molecule has 1 heterocycles. The van der Waals surface area contributed by atoms with Crippen molar-refractivity contribution >= 4 is 17.2 Å². The van der Waals surface area contributed by atoms with E-state index in [-0.39, 0.29) is 5.91 Å². The summed E-state index contributed by atoms with van der Waals surface area (Å²) in [5.41, 5.74) is 6.85. The van der Waals surface area contributed by atoms with E-state index in [1.807, 2.05) is 29.8 Å². The number of aromatic nitrogens is 1. The summed E-state index contributed by atoms with van der Waals surface area (Å²) in [6.07, 6.45) is 2.74. The van der Waals surface area contributed by atoms with Crippen LogP contribution < -0.4 is 11.1 Å². The predicted molar refractivity (Wildman–Crippen MR) is 72.5 cm³/mol. The van der Waals surface area contributed by atoms with E-state index in [0.717, 1.165) is 30.1 Å². The molecular formula is C13H15N3OS. The summed E-state index contributed by atoms with van der Waals surface area (Å²) in [4.78, 5) is 15.2. The smallest absolute Gasteiger partial charge is 0.248 e. The van der Waals surface area contributed by atoms with Gasteiger partial charge in [0.1, 0.15) is 0 Å². The molecule has 0 aliphatic carbocycles. The fourth-order valence-electron chi connectivity index (χ4n) is 1.64. The Morgan fingerprint density at radius 2 is 2.33 bits per heavy atom. The number of nitrogens with zero attached hydrogens (tertiary/aromatic N) is 1. The first-order chi connectivity index (χ1) is 8.75. The number of amides is 1. The maximum Gasteiger partial charge on any atom is 0.248 e. The summed E-state index contributed by atoms with van der Waals surface area (Å²) >= 11 is 1.66. The van der Waals surface area contributed by atoms with Gasteiger partial charge in [-0.2, -0.15) is 0 Å². The van der Waals surface area contributed by atoms with Crippen LogP contribution in [0.3, 0.4) is 0 Å². The molecule has 2 rings (SSSR count). The molecule has 0 radical (unpaired) electrons. The Balaban J connectivity index is 1.79. The third-order valence-corrected chi connectivity index (χ3v) is 3.38. The highest BCUT2D eigenvalue weighted by molar-refractivity contribution is 7.09. The minimum Gasteiger partial charge on any atom is -0.366 e. The van der Waals surface area contributed by atoms with Gasteiger partial charge in [-0.05, 0) is 17.7 Å². The Bertz CT molecular complexity index is 511. The summed E-state index contributed by atoms with van der Waals surface area (Å²) in [7, 11) is 0. The van der Waals surface area contributed by atoms with Gasteiger partial charge in [0.25, 0.3) is 0 Å². The number of benzene rings is 1. The number of carbonyl (C=O) groups excluding carboxylic acids is 1. The minimum atomic E-state index is -0.389. The Kier molecular flexibility index (Phi) is 4.44. The fraction of sp³-hybridized carbons (Fsp3) is 0.231. The molecule has 94 valence electrons. The number of primary amides is 1. The molecule has 0 atom stereocenters. The van der Waals surface area contributed by atoms with Gasteiger partial charge in [-0.25, -0.2) is 4.98 Å². The molecule has 2 aromatic rings. The molecule has 0 bridgehead atoms.